The van der Waals surface area contributed by atoms with Gasteiger partial charge in [-0.25, -0.2) is 8.42 Å². The Hall–Kier alpha value is -4.43. The third-order valence-corrected chi connectivity index (χ3v) is 8.16. The molecule has 3 N–H and O–H groups in total. The summed E-state index contributed by atoms with van der Waals surface area (Å²) in [5, 5.41) is 5.73. The van der Waals surface area contributed by atoms with E-state index in [1.165, 1.54) is 6.07 Å². The highest BCUT2D eigenvalue weighted by Gasteiger charge is 2.22. The zero-order valence-electron chi connectivity index (χ0n) is 22.3. The molecule has 0 radical (unpaired) electrons. The molecule has 8 heteroatoms. The van der Waals surface area contributed by atoms with Crippen molar-refractivity contribution in [3.8, 4) is 0 Å². The number of hydrogen-bond acceptors (Lipinski definition) is 4. The molecule has 0 saturated heterocycles. The van der Waals surface area contributed by atoms with Crippen molar-refractivity contribution < 1.29 is 18.0 Å². The molecule has 1 atom stereocenters. The van der Waals surface area contributed by atoms with Crippen LogP contribution in [-0.2, 0) is 10.0 Å². The summed E-state index contributed by atoms with van der Waals surface area (Å²) < 4.78 is 29.2. The first-order chi connectivity index (χ1) is 18.6. The van der Waals surface area contributed by atoms with E-state index in [1.807, 2.05) is 57.2 Å². The topological polar surface area (TPSA) is 104 Å². The first-order valence-electron chi connectivity index (χ1n) is 12.5. The predicted molar refractivity (Wildman–Crippen MR) is 155 cm³/mol. The maximum absolute atomic E-state index is 13.3. The average Bonchev–Trinajstić information content (AvgIpc) is 2.92. The Morgan fingerprint density at radius 1 is 0.718 bits per heavy atom. The number of para-hydroxylation sites is 1. The standard InChI is InChI=1S/C31H31N3O4S/c1-20-11-10-16-27(22(20)3)34-39(37,38)29-19-25(18-17-21(29)2)30(35)33-28-15-9-8-14-26(28)31(36)32-23(4)24-12-6-5-7-13-24/h5-19,23,34H,1-4H3,(H,32,36)(H,33,35)/t23-/m1/s1. The number of sulfonamides is 1. The molecule has 0 saturated carbocycles. The lowest BCUT2D eigenvalue weighted by Gasteiger charge is -2.17. The molecule has 0 aliphatic heterocycles. The van der Waals surface area contributed by atoms with Crippen LogP contribution in [0.1, 0.15) is 55.9 Å². The van der Waals surface area contributed by atoms with Crippen LogP contribution in [0.4, 0.5) is 11.4 Å². The summed E-state index contributed by atoms with van der Waals surface area (Å²) in [6.45, 7) is 7.31. The van der Waals surface area contributed by atoms with Crippen molar-refractivity contribution in [3.05, 3.63) is 124 Å². The van der Waals surface area contributed by atoms with Crippen LogP contribution in [0, 0.1) is 20.8 Å². The number of hydrogen-bond donors (Lipinski definition) is 3. The van der Waals surface area contributed by atoms with E-state index >= 15 is 0 Å². The van der Waals surface area contributed by atoms with Gasteiger partial charge >= 0.3 is 0 Å². The zero-order valence-corrected chi connectivity index (χ0v) is 23.1. The third kappa shape index (κ3) is 6.35. The summed E-state index contributed by atoms with van der Waals surface area (Å²) in [5.74, 6) is -0.873. The molecular formula is C31H31N3O4S. The monoisotopic (exact) mass is 541 g/mol. The lowest BCUT2D eigenvalue weighted by atomic mass is 10.1. The van der Waals surface area contributed by atoms with Gasteiger partial charge in [-0.2, -0.15) is 0 Å². The van der Waals surface area contributed by atoms with Crippen LogP contribution < -0.4 is 15.4 Å². The lowest BCUT2D eigenvalue weighted by Crippen LogP contribution is -2.28. The SMILES string of the molecule is Cc1ccc(C(=O)Nc2ccccc2C(=O)N[C@H](C)c2ccccc2)cc1S(=O)(=O)Nc1cccc(C)c1C. The number of aryl methyl sites for hydroxylation is 2. The Balaban J connectivity index is 1.56. The van der Waals surface area contributed by atoms with E-state index in [1.54, 1.807) is 55.5 Å². The number of benzene rings is 4. The first kappa shape index (κ1) is 27.6. The minimum absolute atomic E-state index is 0.00114. The number of rotatable bonds is 8. The van der Waals surface area contributed by atoms with Crippen LogP contribution in [0.25, 0.3) is 0 Å². The van der Waals surface area contributed by atoms with Gasteiger partial charge in [-0.3, -0.25) is 14.3 Å². The summed E-state index contributed by atoms with van der Waals surface area (Å²) in [5.41, 5.74) is 4.48. The second-order valence-corrected chi connectivity index (χ2v) is 11.1. The van der Waals surface area contributed by atoms with Gasteiger partial charge in [0, 0.05) is 5.56 Å². The van der Waals surface area contributed by atoms with Gasteiger partial charge < -0.3 is 10.6 Å². The number of nitrogens with one attached hydrogen (secondary N) is 3. The van der Waals surface area contributed by atoms with Crippen LogP contribution in [-0.4, -0.2) is 20.2 Å². The number of carbonyl (C=O) groups excluding carboxylic acids is 2. The molecule has 4 aromatic carbocycles. The van der Waals surface area contributed by atoms with Gasteiger partial charge in [0.25, 0.3) is 21.8 Å². The van der Waals surface area contributed by atoms with Crippen molar-refractivity contribution >= 4 is 33.2 Å². The molecule has 0 aliphatic rings. The number of carbonyl (C=O) groups is 2. The van der Waals surface area contributed by atoms with Crippen LogP contribution in [0.2, 0.25) is 0 Å². The highest BCUT2D eigenvalue weighted by atomic mass is 32.2. The normalized spacial score (nSPS) is 11.9. The molecule has 0 bridgehead atoms. The Morgan fingerprint density at radius 3 is 2.13 bits per heavy atom. The van der Waals surface area contributed by atoms with E-state index in [-0.39, 0.29) is 22.4 Å². The second kappa shape index (κ2) is 11.5. The van der Waals surface area contributed by atoms with Gasteiger partial charge in [0.05, 0.1) is 27.9 Å². The van der Waals surface area contributed by atoms with Gasteiger partial charge in [-0.1, -0.05) is 60.7 Å². The maximum atomic E-state index is 13.3. The Kier molecular flexibility index (Phi) is 8.16. The maximum Gasteiger partial charge on any atom is 0.262 e. The molecule has 4 aromatic rings. The Morgan fingerprint density at radius 2 is 1.38 bits per heavy atom. The fourth-order valence-corrected chi connectivity index (χ4v) is 5.57. The molecule has 7 nitrogen and oxygen atoms in total. The summed E-state index contributed by atoms with van der Waals surface area (Å²) >= 11 is 0. The fourth-order valence-electron chi connectivity index (χ4n) is 4.18. The van der Waals surface area contributed by atoms with E-state index in [0.717, 1.165) is 16.7 Å². The first-order valence-corrected chi connectivity index (χ1v) is 14.0. The molecule has 0 heterocycles. The van der Waals surface area contributed by atoms with Gasteiger partial charge in [-0.05, 0) is 80.3 Å². The number of amides is 2. The van der Waals surface area contributed by atoms with E-state index in [4.69, 9.17) is 0 Å². The van der Waals surface area contributed by atoms with Crippen LogP contribution in [0.3, 0.4) is 0 Å². The quantitative estimate of drug-likeness (QED) is 0.249. The highest BCUT2D eigenvalue weighted by Crippen LogP contribution is 2.25. The molecule has 0 unspecified atom stereocenters. The number of anilines is 2. The Bertz CT molecular complexity index is 1630. The predicted octanol–water partition coefficient (Wildman–Crippen LogP) is 6.16. The van der Waals surface area contributed by atoms with Crippen LogP contribution in [0.5, 0.6) is 0 Å². The van der Waals surface area contributed by atoms with Gasteiger partial charge in [0.15, 0.2) is 0 Å². The van der Waals surface area contributed by atoms with Gasteiger partial charge in [0.2, 0.25) is 0 Å². The fraction of sp³-hybridized carbons (Fsp3) is 0.161. The Labute approximate surface area is 229 Å². The molecule has 0 aliphatic carbocycles. The zero-order chi connectivity index (χ0) is 28.2. The highest BCUT2D eigenvalue weighted by molar-refractivity contribution is 7.92. The van der Waals surface area contributed by atoms with Crippen molar-refractivity contribution in [2.75, 3.05) is 10.0 Å². The summed E-state index contributed by atoms with van der Waals surface area (Å²) in [6, 6.07) is 25.9. The molecule has 0 aromatic heterocycles. The van der Waals surface area contributed by atoms with Crippen molar-refractivity contribution in [2.24, 2.45) is 0 Å². The molecular weight excluding hydrogens is 510 g/mol. The smallest absolute Gasteiger partial charge is 0.262 e. The third-order valence-electron chi connectivity index (χ3n) is 6.66. The van der Waals surface area contributed by atoms with Crippen molar-refractivity contribution in [2.45, 2.75) is 38.6 Å². The summed E-state index contributed by atoms with van der Waals surface area (Å²) in [6.07, 6.45) is 0. The molecule has 4 rings (SSSR count). The second-order valence-electron chi connectivity index (χ2n) is 9.44. The minimum Gasteiger partial charge on any atom is -0.345 e. The van der Waals surface area contributed by atoms with Gasteiger partial charge in [0.1, 0.15) is 0 Å². The van der Waals surface area contributed by atoms with Crippen LogP contribution in [0.15, 0.2) is 95.9 Å². The minimum atomic E-state index is -3.97. The van der Waals surface area contributed by atoms with E-state index < -0.39 is 15.9 Å². The van der Waals surface area contributed by atoms with E-state index in [0.29, 0.717) is 22.5 Å². The van der Waals surface area contributed by atoms with Crippen LogP contribution >= 0.6 is 0 Å². The lowest BCUT2D eigenvalue weighted by molar-refractivity contribution is 0.0940. The molecule has 39 heavy (non-hydrogen) atoms. The average molecular weight is 542 g/mol. The largest absolute Gasteiger partial charge is 0.345 e. The molecule has 200 valence electrons. The van der Waals surface area contributed by atoms with Gasteiger partial charge in [-0.15, -0.1) is 0 Å². The molecule has 0 spiro atoms. The van der Waals surface area contributed by atoms with Crippen molar-refractivity contribution in [1.29, 1.82) is 0 Å². The molecule has 0 fully saturated rings. The van der Waals surface area contributed by atoms with Crippen molar-refractivity contribution in [1.82, 2.24) is 5.32 Å². The van der Waals surface area contributed by atoms with E-state index in [2.05, 4.69) is 15.4 Å². The molecule has 2 amide bonds. The van der Waals surface area contributed by atoms with Crippen molar-refractivity contribution in [3.63, 3.8) is 0 Å². The summed E-state index contributed by atoms with van der Waals surface area (Å²) in [7, 11) is -3.97. The van der Waals surface area contributed by atoms with E-state index in [9.17, 15) is 18.0 Å². The summed E-state index contributed by atoms with van der Waals surface area (Å²) in [4.78, 5) is 26.3.